The molecule has 0 aliphatic carbocycles. The summed E-state index contributed by atoms with van der Waals surface area (Å²) in [5.41, 5.74) is 3.77. The molecule has 0 aliphatic heterocycles. The van der Waals surface area contributed by atoms with Crippen LogP contribution in [-0.4, -0.2) is 25.1 Å². The van der Waals surface area contributed by atoms with Crippen LogP contribution in [0.2, 0.25) is 5.02 Å². The number of rotatable bonds is 5. The molecule has 0 unspecified atom stereocenters. The minimum absolute atomic E-state index is 0.370. The fourth-order valence-electron chi connectivity index (χ4n) is 1.76. The van der Waals surface area contributed by atoms with E-state index in [1.165, 1.54) is 13.3 Å². The van der Waals surface area contributed by atoms with Crippen molar-refractivity contribution in [2.75, 3.05) is 7.05 Å². The van der Waals surface area contributed by atoms with E-state index in [1.807, 2.05) is 24.3 Å². The highest BCUT2D eigenvalue weighted by Gasteiger charge is 2.08. The summed E-state index contributed by atoms with van der Waals surface area (Å²) < 4.78 is 5.66. The van der Waals surface area contributed by atoms with Crippen molar-refractivity contribution in [3.63, 3.8) is 0 Å². The molecule has 2 aromatic rings. The fourth-order valence-corrected chi connectivity index (χ4v) is 1.95. The summed E-state index contributed by atoms with van der Waals surface area (Å²) in [6, 6.07) is 14.6. The van der Waals surface area contributed by atoms with E-state index in [2.05, 4.69) is 15.8 Å². The number of ether oxygens (including phenoxy) is 1. The van der Waals surface area contributed by atoms with Crippen LogP contribution in [-0.2, 0) is 16.2 Å². The summed E-state index contributed by atoms with van der Waals surface area (Å²) in [6.07, 6.45) is 1.43. The smallest absolute Gasteiger partial charge is 0.329 e. The molecule has 2 N–H and O–H groups in total. The summed E-state index contributed by atoms with van der Waals surface area (Å²) in [5, 5.41) is 6.56. The van der Waals surface area contributed by atoms with E-state index in [0.717, 1.165) is 11.1 Å². The Morgan fingerprint density at radius 3 is 2.50 bits per heavy atom. The molecule has 2 rings (SSSR count). The topological polar surface area (TPSA) is 79.8 Å². The first kappa shape index (κ1) is 17.5. The molecule has 0 aromatic heterocycles. The maximum Gasteiger partial charge on any atom is 0.329 e. The van der Waals surface area contributed by atoms with Gasteiger partial charge in [0.15, 0.2) is 0 Å². The lowest BCUT2D eigenvalue weighted by atomic mass is 10.2. The number of hydrogen-bond acceptors (Lipinski definition) is 4. The summed E-state index contributed by atoms with van der Waals surface area (Å²) in [6.45, 7) is 0.370. The molecular formula is C17H16ClN3O3. The fraction of sp³-hybridized carbons (Fsp3) is 0.118. The van der Waals surface area contributed by atoms with Gasteiger partial charge in [0.05, 0.1) is 6.21 Å². The highest BCUT2D eigenvalue weighted by Crippen LogP contribution is 2.18. The van der Waals surface area contributed by atoms with E-state index < -0.39 is 11.8 Å². The van der Waals surface area contributed by atoms with Gasteiger partial charge in [-0.1, -0.05) is 29.8 Å². The molecule has 0 atom stereocenters. The van der Waals surface area contributed by atoms with Gasteiger partial charge in [-0.05, 0) is 35.9 Å². The normalized spacial score (nSPS) is 10.4. The molecule has 2 amide bonds. The minimum Gasteiger partial charge on any atom is -0.489 e. The Morgan fingerprint density at radius 2 is 1.83 bits per heavy atom. The van der Waals surface area contributed by atoms with Crippen LogP contribution >= 0.6 is 11.6 Å². The molecule has 7 heteroatoms. The van der Waals surface area contributed by atoms with Crippen molar-refractivity contribution in [1.82, 2.24) is 10.7 Å². The molecule has 6 nitrogen and oxygen atoms in total. The third-order valence-corrected chi connectivity index (χ3v) is 3.41. The van der Waals surface area contributed by atoms with E-state index in [9.17, 15) is 9.59 Å². The van der Waals surface area contributed by atoms with Gasteiger partial charge in [-0.15, -0.1) is 0 Å². The van der Waals surface area contributed by atoms with Gasteiger partial charge < -0.3 is 10.1 Å². The molecule has 0 saturated heterocycles. The van der Waals surface area contributed by atoms with E-state index in [0.29, 0.717) is 17.4 Å². The molecule has 2 aromatic carbocycles. The highest BCUT2D eigenvalue weighted by molar-refractivity contribution is 6.35. The Morgan fingerprint density at radius 1 is 1.12 bits per heavy atom. The molecule has 0 radical (unpaired) electrons. The van der Waals surface area contributed by atoms with Crippen LogP contribution in [0, 0.1) is 0 Å². The molecule has 0 heterocycles. The van der Waals surface area contributed by atoms with Crippen molar-refractivity contribution >= 4 is 29.6 Å². The molecule has 0 aliphatic rings. The third-order valence-electron chi connectivity index (χ3n) is 3.05. The van der Waals surface area contributed by atoms with Crippen molar-refractivity contribution in [1.29, 1.82) is 0 Å². The van der Waals surface area contributed by atoms with Crippen LogP contribution in [0.4, 0.5) is 0 Å². The first-order chi connectivity index (χ1) is 11.6. The van der Waals surface area contributed by atoms with Gasteiger partial charge in [0.25, 0.3) is 0 Å². The molecule has 24 heavy (non-hydrogen) atoms. The number of hydrazone groups is 1. The zero-order valence-electron chi connectivity index (χ0n) is 13.0. The van der Waals surface area contributed by atoms with Gasteiger partial charge in [-0.2, -0.15) is 5.10 Å². The van der Waals surface area contributed by atoms with Gasteiger partial charge in [0, 0.05) is 17.6 Å². The highest BCUT2D eigenvalue weighted by atomic mass is 35.5. The van der Waals surface area contributed by atoms with E-state index in [-0.39, 0.29) is 0 Å². The van der Waals surface area contributed by atoms with Crippen LogP contribution in [0.1, 0.15) is 11.1 Å². The second kappa shape index (κ2) is 8.69. The van der Waals surface area contributed by atoms with Crippen molar-refractivity contribution in [2.45, 2.75) is 6.61 Å². The Balaban J connectivity index is 1.88. The number of hydrogen-bond donors (Lipinski definition) is 2. The Bertz CT molecular complexity index is 745. The number of carbonyl (C=O) groups excluding carboxylic acids is 2. The largest absolute Gasteiger partial charge is 0.489 e. The Labute approximate surface area is 144 Å². The molecular weight excluding hydrogens is 330 g/mol. The molecule has 0 fully saturated rings. The summed E-state index contributed by atoms with van der Waals surface area (Å²) in [7, 11) is 1.37. The van der Waals surface area contributed by atoms with Crippen molar-refractivity contribution in [2.24, 2.45) is 5.10 Å². The van der Waals surface area contributed by atoms with Gasteiger partial charge >= 0.3 is 11.8 Å². The average molecular weight is 346 g/mol. The molecule has 0 spiro atoms. The van der Waals surface area contributed by atoms with E-state index in [4.69, 9.17) is 16.3 Å². The van der Waals surface area contributed by atoms with Crippen LogP contribution in [0.3, 0.4) is 0 Å². The van der Waals surface area contributed by atoms with Crippen molar-refractivity contribution in [3.05, 3.63) is 64.7 Å². The quantitative estimate of drug-likeness (QED) is 0.495. The van der Waals surface area contributed by atoms with Gasteiger partial charge in [-0.25, -0.2) is 5.43 Å². The summed E-state index contributed by atoms with van der Waals surface area (Å²) in [4.78, 5) is 22.2. The number of benzene rings is 2. The number of nitrogens with one attached hydrogen (secondary N) is 2. The minimum atomic E-state index is -0.826. The molecule has 0 bridgehead atoms. The lowest BCUT2D eigenvalue weighted by molar-refractivity contribution is -0.138. The number of amides is 2. The second-order valence-electron chi connectivity index (χ2n) is 4.73. The van der Waals surface area contributed by atoms with Crippen LogP contribution < -0.4 is 15.5 Å². The van der Waals surface area contributed by atoms with Crippen molar-refractivity contribution < 1.29 is 14.3 Å². The summed E-state index contributed by atoms with van der Waals surface area (Å²) >= 11 is 6.07. The predicted octanol–water partition coefficient (Wildman–Crippen LogP) is 2.12. The number of likely N-dealkylation sites (N-methyl/N-ethyl adjacent to an activating group) is 1. The van der Waals surface area contributed by atoms with Crippen LogP contribution in [0.15, 0.2) is 53.6 Å². The Kier molecular flexibility index (Phi) is 6.33. The van der Waals surface area contributed by atoms with Crippen molar-refractivity contribution in [3.8, 4) is 5.75 Å². The average Bonchev–Trinajstić information content (AvgIpc) is 2.61. The first-order valence-electron chi connectivity index (χ1n) is 7.11. The number of carbonyl (C=O) groups is 2. The summed E-state index contributed by atoms with van der Waals surface area (Å²) in [5.74, 6) is -0.898. The SMILES string of the molecule is CNC(=O)C(=O)N/N=C\c1ccc(OCc2ccccc2Cl)cc1. The maximum absolute atomic E-state index is 11.2. The van der Waals surface area contributed by atoms with Crippen LogP contribution in [0.25, 0.3) is 0 Å². The van der Waals surface area contributed by atoms with Gasteiger partial charge in [-0.3, -0.25) is 9.59 Å². The predicted molar refractivity (Wildman–Crippen MR) is 92.0 cm³/mol. The zero-order chi connectivity index (χ0) is 17.4. The first-order valence-corrected chi connectivity index (χ1v) is 7.49. The number of nitrogens with zero attached hydrogens (tertiary/aromatic N) is 1. The van der Waals surface area contributed by atoms with Gasteiger partial charge in [0.1, 0.15) is 12.4 Å². The zero-order valence-corrected chi connectivity index (χ0v) is 13.7. The Hall–Kier alpha value is -2.86. The lowest BCUT2D eigenvalue weighted by Crippen LogP contribution is -2.35. The van der Waals surface area contributed by atoms with E-state index in [1.54, 1.807) is 24.3 Å². The van der Waals surface area contributed by atoms with Crippen LogP contribution in [0.5, 0.6) is 5.75 Å². The second-order valence-corrected chi connectivity index (χ2v) is 5.13. The molecule has 0 saturated carbocycles. The monoisotopic (exact) mass is 345 g/mol. The van der Waals surface area contributed by atoms with E-state index >= 15 is 0 Å². The standard InChI is InChI=1S/C17H16ClN3O3/c1-19-16(22)17(23)21-20-10-12-6-8-14(9-7-12)24-11-13-4-2-3-5-15(13)18/h2-10H,11H2,1H3,(H,19,22)(H,21,23)/b20-10-. The lowest BCUT2D eigenvalue weighted by Gasteiger charge is -2.07. The third kappa shape index (κ3) is 5.10. The molecule has 124 valence electrons. The number of halogens is 1. The maximum atomic E-state index is 11.2. The van der Waals surface area contributed by atoms with Gasteiger partial charge in [0.2, 0.25) is 0 Å².